The standard InChI is InChI=1S/C13H18FN3O2S/c1-3-17(4-2)20(18,19)8-7-16-13-6-5-12(14)9-11(13)10-15/h5-6,9,16H,3-4,7-8H2,1-2H3. The van der Waals surface area contributed by atoms with Gasteiger partial charge in [0.2, 0.25) is 10.0 Å². The Bertz CT molecular complexity index is 592. The van der Waals surface area contributed by atoms with Gasteiger partial charge in [-0.15, -0.1) is 0 Å². The molecule has 0 heterocycles. The zero-order chi connectivity index (χ0) is 15.2. The number of nitrogens with one attached hydrogen (secondary N) is 1. The molecule has 0 fully saturated rings. The highest BCUT2D eigenvalue weighted by molar-refractivity contribution is 7.89. The van der Waals surface area contributed by atoms with Gasteiger partial charge in [-0.25, -0.2) is 17.1 Å². The van der Waals surface area contributed by atoms with Crippen LogP contribution in [0.3, 0.4) is 0 Å². The van der Waals surface area contributed by atoms with Crippen LogP contribution >= 0.6 is 0 Å². The number of hydrogen-bond acceptors (Lipinski definition) is 4. The summed E-state index contributed by atoms with van der Waals surface area (Å²) < 4.78 is 38.2. The topological polar surface area (TPSA) is 73.2 Å². The maximum atomic E-state index is 13.0. The zero-order valence-electron chi connectivity index (χ0n) is 11.6. The van der Waals surface area contributed by atoms with Crippen molar-refractivity contribution in [3.8, 4) is 6.07 Å². The van der Waals surface area contributed by atoms with Gasteiger partial charge in [0.15, 0.2) is 0 Å². The van der Waals surface area contributed by atoms with E-state index in [1.807, 2.05) is 6.07 Å². The van der Waals surface area contributed by atoms with Crippen LogP contribution in [0.1, 0.15) is 19.4 Å². The molecule has 0 saturated carbocycles. The summed E-state index contributed by atoms with van der Waals surface area (Å²) in [6.45, 7) is 4.58. The molecule has 1 aromatic rings. The molecule has 1 aromatic carbocycles. The van der Waals surface area contributed by atoms with E-state index in [0.717, 1.165) is 6.07 Å². The quantitative estimate of drug-likeness (QED) is 0.833. The lowest BCUT2D eigenvalue weighted by Crippen LogP contribution is -2.34. The van der Waals surface area contributed by atoms with Crippen LogP contribution in [0.4, 0.5) is 10.1 Å². The van der Waals surface area contributed by atoms with Gasteiger partial charge in [-0.05, 0) is 18.2 Å². The third-order valence-electron chi connectivity index (χ3n) is 2.88. The van der Waals surface area contributed by atoms with E-state index in [1.54, 1.807) is 13.8 Å². The van der Waals surface area contributed by atoms with Gasteiger partial charge < -0.3 is 5.32 Å². The van der Waals surface area contributed by atoms with Crippen LogP contribution in [0.25, 0.3) is 0 Å². The van der Waals surface area contributed by atoms with Gasteiger partial charge in [-0.2, -0.15) is 5.26 Å². The Labute approximate surface area is 119 Å². The Balaban J connectivity index is 2.68. The lowest BCUT2D eigenvalue weighted by molar-refractivity contribution is 0.446. The van der Waals surface area contributed by atoms with Gasteiger partial charge in [0, 0.05) is 19.6 Å². The molecular weight excluding hydrogens is 281 g/mol. The third kappa shape index (κ3) is 4.18. The second-order valence-corrected chi connectivity index (χ2v) is 6.22. The first kappa shape index (κ1) is 16.4. The zero-order valence-corrected chi connectivity index (χ0v) is 12.4. The van der Waals surface area contributed by atoms with Crippen molar-refractivity contribution in [1.29, 1.82) is 5.26 Å². The van der Waals surface area contributed by atoms with E-state index < -0.39 is 15.8 Å². The maximum Gasteiger partial charge on any atom is 0.215 e. The van der Waals surface area contributed by atoms with E-state index in [1.165, 1.54) is 16.4 Å². The molecule has 0 atom stereocenters. The number of sulfonamides is 1. The molecular formula is C13H18FN3O2S. The molecule has 1 rings (SSSR count). The van der Waals surface area contributed by atoms with Crippen molar-refractivity contribution < 1.29 is 12.8 Å². The first-order valence-corrected chi connectivity index (χ1v) is 7.96. The average Bonchev–Trinajstić information content (AvgIpc) is 2.41. The monoisotopic (exact) mass is 299 g/mol. The molecule has 0 spiro atoms. The average molecular weight is 299 g/mol. The van der Waals surface area contributed by atoms with E-state index in [0.29, 0.717) is 18.8 Å². The van der Waals surface area contributed by atoms with Crippen LogP contribution in [0.2, 0.25) is 0 Å². The minimum Gasteiger partial charge on any atom is -0.383 e. The Morgan fingerprint density at radius 3 is 2.55 bits per heavy atom. The molecule has 0 radical (unpaired) electrons. The van der Waals surface area contributed by atoms with E-state index in [-0.39, 0.29) is 17.9 Å². The second kappa shape index (κ2) is 7.22. The highest BCUT2D eigenvalue weighted by atomic mass is 32.2. The number of rotatable bonds is 7. The minimum atomic E-state index is -3.31. The van der Waals surface area contributed by atoms with Crippen LogP contribution < -0.4 is 5.32 Å². The van der Waals surface area contributed by atoms with Gasteiger partial charge in [-0.1, -0.05) is 13.8 Å². The van der Waals surface area contributed by atoms with Crippen molar-refractivity contribution in [2.75, 3.05) is 30.7 Å². The summed E-state index contributed by atoms with van der Waals surface area (Å²) in [6.07, 6.45) is 0. The highest BCUT2D eigenvalue weighted by Gasteiger charge is 2.18. The molecule has 1 N–H and O–H groups in total. The molecule has 0 unspecified atom stereocenters. The van der Waals surface area contributed by atoms with Gasteiger partial charge in [0.25, 0.3) is 0 Å². The molecule has 7 heteroatoms. The van der Waals surface area contributed by atoms with Gasteiger partial charge in [0.05, 0.1) is 17.0 Å². The molecule has 0 bridgehead atoms. The first-order chi connectivity index (χ1) is 9.44. The number of nitrogens with zero attached hydrogens (tertiary/aromatic N) is 2. The Hall–Kier alpha value is -1.65. The van der Waals surface area contributed by atoms with Gasteiger partial charge in [-0.3, -0.25) is 0 Å². The van der Waals surface area contributed by atoms with Crippen molar-refractivity contribution in [2.24, 2.45) is 0 Å². The maximum absolute atomic E-state index is 13.0. The fourth-order valence-electron chi connectivity index (χ4n) is 1.82. The summed E-state index contributed by atoms with van der Waals surface area (Å²) in [6, 6.07) is 5.63. The molecule has 0 amide bonds. The predicted molar refractivity (Wildman–Crippen MR) is 76.3 cm³/mol. The van der Waals surface area contributed by atoms with Crippen LogP contribution in [0.15, 0.2) is 18.2 Å². The number of anilines is 1. The SMILES string of the molecule is CCN(CC)S(=O)(=O)CCNc1ccc(F)cc1C#N. The first-order valence-electron chi connectivity index (χ1n) is 6.36. The molecule has 110 valence electrons. The van der Waals surface area contributed by atoms with Crippen molar-refractivity contribution >= 4 is 15.7 Å². The van der Waals surface area contributed by atoms with Gasteiger partial charge in [0.1, 0.15) is 11.9 Å². The summed E-state index contributed by atoms with van der Waals surface area (Å²) in [5.41, 5.74) is 0.592. The molecule has 5 nitrogen and oxygen atoms in total. The van der Waals surface area contributed by atoms with Crippen molar-refractivity contribution in [2.45, 2.75) is 13.8 Å². The van der Waals surface area contributed by atoms with E-state index in [4.69, 9.17) is 5.26 Å². The predicted octanol–water partition coefficient (Wildman–Crippen LogP) is 1.78. The molecule has 0 aliphatic carbocycles. The Morgan fingerprint density at radius 1 is 1.35 bits per heavy atom. The second-order valence-electron chi connectivity index (χ2n) is 4.13. The fraction of sp³-hybridized carbons (Fsp3) is 0.462. The normalized spacial score (nSPS) is 11.3. The summed E-state index contributed by atoms with van der Waals surface area (Å²) in [5.74, 6) is -0.570. The number of halogens is 1. The van der Waals surface area contributed by atoms with Crippen LogP contribution in [0, 0.1) is 17.1 Å². The Morgan fingerprint density at radius 2 is 2.00 bits per heavy atom. The summed E-state index contributed by atoms with van der Waals surface area (Å²) in [5, 5.41) is 11.7. The lowest BCUT2D eigenvalue weighted by atomic mass is 10.2. The highest BCUT2D eigenvalue weighted by Crippen LogP contribution is 2.15. The minimum absolute atomic E-state index is 0.0725. The summed E-state index contributed by atoms with van der Waals surface area (Å²) >= 11 is 0. The largest absolute Gasteiger partial charge is 0.383 e. The van der Waals surface area contributed by atoms with Crippen LogP contribution in [0.5, 0.6) is 0 Å². The van der Waals surface area contributed by atoms with E-state index in [2.05, 4.69) is 5.32 Å². The Kier molecular flexibility index (Phi) is 5.92. The molecule has 0 aliphatic rings. The molecule has 0 aliphatic heterocycles. The third-order valence-corrected chi connectivity index (χ3v) is 4.90. The summed E-state index contributed by atoms with van der Waals surface area (Å²) in [7, 11) is -3.31. The molecule has 0 saturated heterocycles. The smallest absolute Gasteiger partial charge is 0.215 e. The van der Waals surface area contributed by atoms with Crippen molar-refractivity contribution in [3.05, 3.63) is 29.6 Å². The number of hydrogen-bond donors (Lipinski definition) is 1. The number of benzene rings is 1. The van der Waals surface area contributed by atoms with Crippen molar-refractivity contribution in [1.82, 2.24) is 4.31 Å². The molecule has 20 heavy (non-hydrogen) atoms. The fourth-order valence-corrected chi connectivity index (χ4v) is 3.23. The molecule has 0 aromatic heterocycles. The van der Waals surface area contributed by atoms with Crippen molar-refractivity contribution in [3.63, 3.8) is 0 Å². The summed E-state index contributed by atoms with van der Waals surface area (Å²) in [4.78, 5) is 0. The van der Waals surface area contributed by atoms with Gasteiger partial charge >= 0.3 is 0 Å². The van der Waals surface area contributed by atoms with Crippen LogP contribution in [-0.4, -0.2) is 38.1 Å². The van der Waals surface area contributed by atoms with Crippen LogP contribution in [-0.2, 0) is 10.0 Å². The lowest BCUT2D eigenvalue weighted by Gasteiger charge is -2.18. The van der Waals surface area contributed by atoms with E-state index >= 15 is 0 Å². The number of nitriles is 1. The van der Waals surface area contributed by atoms with E-state index in [9.17, 15) is 12.8 Å².